The normalized spacial score (nSPS) is 21.7. The third-order valence-electron chi connectivity index (χ3n) is 6.64. The van der Waals surface area contributed by atoms with E-state index in [4.69, 9.17) is 0 Å². The third kappa shape index (κ3) is 6.72. The first-order valence-corrected chi connectivity index (χ1v) is 11.8. The van der Waals surface area contributed by atoms with Crippen LogP contribution >= 0.6 is 0 Å². The van der Waals surface area contributed by atoms with E-state index in [1.165, 1.54) is 63.7 Å². The molecule has 33 heavy (non-hydrogen) atoms. The number of hydrogen-bond acceptors (Lipinski definition) is 6. The Morgan fingerprint density at radius 1 is 1.06 bits per heavy atom. The Balaban J connectivity index is 1.30. The van der Waals surface area contributed by atoms with E-state index in [9.17, 15) is 13.2 Å². The number of alkyl halides is 3. The summed E-state index contributed by atoms with van der Waals surface area (Å²) in [5, 5.41) is 6.48. The lowest BCUT2D eigenvalue weighted by atomic mass is 9.85. The first kappa shape index (κ1) is 23.6. The zero-order valence-electron chi connectivity index (χ0n) is 19.0. The average molecular weight is 464 g/mol. The molecule has 1 aromatic heterocycles. The maximum atomic E-state index is 12.6. The lowest BCUT2D eigenvalue weighted by Crippen LogP contribution is -2.37. The van der Waals surface area contributed by atoms with Crippen molar-refractivity contribution in [2.75, 3.05) is 30.3 Å². The fourth-order valence-corrected chi connectivity index (χ4v) is 4.82. The lowest BCUT2D eigenvalue weighted by molar-refractivity contribution is -0.274. The summed E-state index contributed by atoms with van der Waals surface area (Å²) >= 11 is 0. The summed E-state index contributed by atoms with van der Waals surface area (Å²) in [5.41, 5.74) is 1.32. The number of nitrogens with one attached hydrogen (secondary N) is 2. The van der Waals surface area contributed by atoms with Crippen LogP contribution in [0.15, 0.2) is 30.5 Å². The number of halogens is 3. The van der Waals surface area contributed by atoms with Crippen LogP contribution < -0.4 is 15.4 Å². The average Bonchev–Trinajstić information content (AvgIpc) is 3.33. The van der Waals surface area contributed by atoms with Crippen molar-refractivity contribution >= 4 is 11.8 Å². The van der Waals surface area contributed by atoms with Gasteiger partial charge in [-0.05, 0) is 70.5 Å². The van der Waals surface area contributed by atoms with Crippen LogP contribution in [0.5, 0.6) is 5.75 Å². The van der Waals surface area contributed by atoms with E-state index in [2.05, 4.69) is 30.2 Å². The highest BCUT2D eigenvalue weighted by molar-refractivity contribution is 5.47. The summed E-state index contributed by atoms with van der Waals surface area (Å²) in [6.45, 7) is 5.46. The molecule has 2 N–H and O–H groups in total. The summed E-state index contributed by atoms with van der Waals surface area (Å²) in [5.74, 6) is 1.52. The number of hydrogen-bond donors (Lipinski definition) is 2. The Kier molecular flexibility index (Phi) is 7.57. The molecule has 2 fully saturated rings. The Morgan fingerprint density at radius 2 is 1.79 bits per heavy atom. The van der Waals surface area contributed by atoms with Crippen LogP contribution in [0, 0.1) is 12.8 Å². The third-order valence-corrected chi connectivity index (χ3v) is 6.64. The second-order valence-corrected chi connectivity index (χ2v) is 9.03. The number of anilines is 2. The minimum atomic E-state index is -4.73. The molecule has 0 bridgehead atoms. The van der Waals surface area contributed by atoms with Crippen molar-refractivity contribution in [2.45, 2.75) is 64.4 Å². The number of aryl methyl sites for hydroxylation is 1. The van der Waals surface area contributed by atoms with Gasteiger partial charge in [-0.1, -0.05) is 18.2 Å². The first-order valence-electron chi connectivity index (χ1n) is 11.8. The van der Waals surface area contributed by atoms with Gasteiger partial charge in [-0.25, -0.2) is 4.98 Å². The van der Waals surface area contributed by atoms with Gasteiger partial charge in [-0.15, -0.1) is 13.2 Å². The van der Waals surface area contributed by atoms with Crippen LogP contribution in [0.4, 0.5) is 24.9 Å². The highest BCUT2D eigenvalue weighted by atomic mass is 19.4. The van der Waals surface area contributed by atoms with Gasteiger partial charge in [0.1, 0.15) is 11.6 Å². The lowest BCUT2D eigenvalue weighted by Gasteiger charge is -2.34. The predicted molar refractivity (Wildman–Crippen MR) is 122 cm³/mol. The minimum Gasteiger partial charge on any atom is -0.405 e. The molecule has 180 valence electrons. The molecular weight excluding hydrogens is 431 g/mol. The number of likely N-dealkylation sites (tertiary alicyclic amines) is 1. The molecule has 1 saturated heterocycles. The number of rotatable bonds is 8. The van der Waals surface area contributed by atoms with Crippen LogP contribution in [0.25, 0.3) is 0 Å². The quantitative estimate of drug-likeness (QED) is 0.549. The SMILES string of the molecule is Cc1cnc(NCc2ccccc2OC(F)(F)F)nc1NCC1CCC(N2CCCC2)CC1. The Bertz CT molecular complexity index is 909. The summed E-state index contributed by atoms with van der Waals surface area (Å²) in [6.07, 6.45) is 4.64. The van der Waals surface area contributed by atoms with Crippen LogP contribution in [-0.4, -0.2) is 46.9 Å². The second kappa shape index (κ2) is 10.6. The van der Waals surface area contributed by atoms with Crippen molar-refractivity contribution in [1.29, 1.82) is 0 Å². The van der Waals surface area contributed by atoms with Gasteiger partial charge in [0.2, 0.25) is 5.95 Å². The predicted octanol–water partition coefficient (Wildman–Crippen LogP) is 5.36. The first-order chi connectivity index (χ1) is 15.9. The molecule has 0 spiro atoms. The van der Waals surface area contributed by atoms with Crippen LogP contribution in [0.1, 0.15) is 49.7 Å². The molecule has 1 aromatic carbocycles. The van der Waals surface area contributed by atoms with Crippen LogP contribution in [0.2, 0.25) is 0 Å². The number of aromatic nitrogens is 2. The molecule has 6 nitrogen and oxygen atoms in total. The summed E-state index contributed by atoms with van der Waals surface area (Å²) < 4.78 is 42.0. The molecule has 1 saturated carbocycles. The fraction of sp³-hybridized carbons (Fsp3) is 0.583. The topological polar surface area (TPSA) is 62.3 Å². The van der Waals surface area contributed by atoms with Crippen molar-refractivity contribution in [1.82, 2.24) is 14.9 Å². The van der Waals surface area contributed by atoms with E-state index < -0.39 is 6.36 Å². The maximum Gasteiger partial charge on any atom is 0.573 e. The van der Waals surface area contributed by atoms with Crippen molar-refractivity contribution in [3.05, 3.63) is 41.6 Å². The number of ether oxygens (including phenoxy) is 1. The smallest absolute Gasteiger partial charge is 0.405 e. The summed E-state index contributed by atoms with van der Waals surface area (Å²) in [6, 6.07) is 6.81. The summed E-state index contributed by atoms with van der Waals surface area (Å²) in [7, 11) is 0. The van der Waals surface area contributed by atoms with Gasteiger partial charge in [0, 0.05) is 36.5 Å². The molecule has 2 aromatic rings. The highest BCUT2D eigenvalue weighted by Gasteiger charge is 2.32. The van der Waals surface area contributed by atoms with E-state index >= 15 is 0 Å². The molecule has 1 aliphatic heterocycles. The molecule has 9 heteroatoms. The van der Waals surface area contributed by atoms with E-state index in [1.807, 2.05) is 6.92 Å². The molecular formula is C24H32F3N5O. The van der Waals surface area contributed by atoms with Crippen molar-refractivity contribution < 1.29 is 17.9 Å². The molecule has 4 rings (SSSR count). The van der Waals surface area contributed by atoms with Crippen molar-refractivity contribution in [3.63, 3.8) is 0 Å². The van der Waals surface area contributed by atoms with Gasteiger partial charge in [0.15, 0.2) is 0 Å². The number of para-hydroxylation sites is 1. The fourth-order valence-electron chi connectivity index (χ4n) is 4.82. The van der Waals surface area contributed by atoms with Gasteiger partial charge in [0.05, 0.1) is 0 Å². The van der Waals surface area contributed by atoms with Gasteiger partial charge in [-0.3, -0.25) is 0 Å². The molecule has 1 aliphatic carbocycles. The molecule has 0 unspecified atom stereocenters. The van der Waals surface area contributed by atoms with Crippen molar-refractivity contribution in [3.8, 4) is 5.75 Å². The van der Waals surface area contributed by atoms with Gasteiger partial charge in [0.25, 0.3) is 0 Å². The van der Waals surface area contributed by atoms with E-state index in [0.717, 1.165) is 24.0 Å². The van der Waals surface area contributed by atoms with E-state index in [1.54, 1.807) is 18.3 Å². The Labute approximate surface area is 192 Å². The van der Waals surface area contributed by atoms with Crippen molar-refractivity contribution in [2.24, 2.45) is 5.92 Å². The van der Waals surface area contributed by atoms with Crippen LogP contribution in [-0.2, 0) is 6.54 Å². The van der Waals surface area contributed by atoms with E-state index in [0.29, 0.717) is 17.4 Å². The zero-order valence-corrected chi connectivity index (χ0v) is 19.0. The molecule has 0 atom stereocenters. The minimum absolute atomic E-state index is 0.120. The summed E-state index contributed by atoms with van der Waals surface area (Å²) in [4.78, 5) is 11.5. The largest absolute Gasteiger partial charge is 0.573 e. The van der Waals surface area contributed by atoms with Crippen LogP contribution in [0.3, 0.4) is 0 Å². The highest BCUT2D eigenvalue weighted by Crippen LogP contribution is 2.30. The van der Waals surface area contributed by atoms with Gasteiger partial charge < -0.3 is 20.3 Å². The molecule has 0 amide bonds. The molecule has 2 heterocycles. The number of nitrogens with zero attached hydrogens (tertiary/aromatic N) is 3. The number of benzene rings is 1. The van der Waals surface area contributed by atoms with Gasteiger partial charge >= 0.3 is 6.36 Å². The molecule has 0 radical (unpaired) electrons. The molecule has 2 aliphatic rings. The Morgan fingerprint density at radius 3 is 2.52 bits per heavy atom. The van der Waals surface area contributed by atoms with Gasteiger partial charge in [-0.2, -0.15) is 4.98 Å². The van der Waals surface area contributed by atoms with E-state index in [-0.39, 0.29) is 12.3 Å². The second-order valence-electron chi connectivity index (χ2n) is 9.03. The zero-order chi connectivity index (χ0) is 23.3. The monoisotopic (exact) mass is 463 g/mol. The maximum absolute atomic E-state index is 12.6. The standard InChI is InChI=1S/C24H32F3N5O/c1-17-14-29-23(30-16-19-6-2-3-7-21(19)33-24(25,26)27)31-22(17)28-15-18-8-10-20(11-9-18)32-12-4-5-13-32/h2-3,6-7,14,18,20H,4-5,8-13,15-16H2,1H3,(H2,28,29,30,31). The Hall–Kier alpha value is -2.55.